The Hall–Kier alpha value is -2.08. The van der Waals surface area contributed by atoms with Crippen molar-refractivity contribution in [3.63, 3.8) is 0 Å². The van der Waals surface area contributed by atoms with E-state index in [2.05, 4.69) is 24.0 Å². The summed E-state index contributed by atoms with van der Waals surface area (Å²) in [5, 5.41) is 9.28. The zero-order valence-electron chi connectivity index (χ0n) is 14.7. The third kappa shape index (κ3) is 4.36. The highest BCUT2D eigenvalue weighted by atomic mass is 35.5. The minimum Gasteiger partial charge on any atom is -0.491 e. The van der Waals surface area contributed by atoms with Crippen molar-refractivity contribution in [3.8, 4) is 5.75 Å². The van der Waals surface area contributed by atoms with Crippen molar-refractivity contribution >= 4 is 17.6 Å². The quantitative estimate of drug-likeness (QED) is 0.834. The molecule has 1 fully saturated rings. The van der Waals surface area contributed by atoms with Gasteiger partial charge in [0.2, 0.25) is 0 Å². The minimum absolute atomic E-state index is 0.147. The number of carboxylic acids is 1. The molecule has 1 N–H and O–H groups in total. The number of hydrogen-bond acceptors (Lipinski definition) is 4. The third-order valence-electron chi connectivity index (χ3n) is 4.58. The largest absolute Gasteiger partial charge is 0.491 e. The molecule has 0 aromatic heterocycles. The summed E-state index contributed by atoms with van der Waals surface area (Å²) in [6.45, 7) is 5.61. The highest BCUT2D eigenvalue weighted by Crippen LogP contribution is 2.29. The average molecular weight is 376 g/mol. The van der Waals surface area contributed by atoms with Crippen LogP contribution in [0.5, 0.6) is 5.75 Å². The molecule has 0 radical (unpaired) electrons. The number of ether oxygens (including phenoxy) is 2. The lowest BCUT2D eigenvalue weighted by Crippen LogP contribution is -2.49. The van der Waals surface area contributed by atoms with E-state index in [0.29, 0.717) is 24.0 Å². The summed E-state index contributed by atoms with van der Waals surface area (Å²) in [7, 11) is 0. The van der Waals surface area contributed by atoms with Crippen LogP contribution in [0, 0.1) is 0 Å². The number of benzene rings is 2. The van der Waals surface area contributed by atoms with Crippen LogP contribution >= 0.6 is 11.6 Å². The summed E-state index contributed by atoms with van der Waals surface area (Å²) in [5.41, 5.74) is 0.979. The Morgan fingerprint density at radius 1 is 1.31 bits per heavy atom. The molecule has 0 aliphatic carbocycles. The highest BCUT2D eigenvalue weighted by Gasteiger charge is 2.33. The van der Waals surface area contributed by atoms with E-state index >= 15 is 0 Å². The predicted molar refractivity (Wildman–Crippen MR) is 100 cm³/mol. The molecule has 1 aliphatic heterocycles. The summed E-state index contributed by atoms with van der Waals surface area (Å²) in [6.07, 6.45) is 0. The molecule has 0 bridgehead atoms. The summed E-state index contributed by atoms with van der Waals surface area (Å²) in [5.74, 6) is -0.511. The van der Waals surface area contributed by atoms with Gasteiger partial charge in [-0.3, -0.25) is 4.90 Å². The summed E-state index contributed by atoms with van der Waals surface area (Å²) < 4.78 is 11.8. The summed E-state index contributed by atoms with van der Waals surface area (Å²) in [4.78, 5) is 13.2. The molecule has 2 aromatic carbocycles. The Labute approximate surface area is 158 Å². The standard InChI is InChI=1S/C20H22ClNO4/c1-20(16-5-3-2-4-6-16)14-22(10-12-26-20)9-11-25-18-8-7-15(19(23)24)13-17(18)21/h2-8,13H,9-12,14H2,1H3,(H,23,24). The van der Waals surface area contributed by atoms with E-state index in [1.54, 1.807) is 6.07 Å². The van der Waals surface area contributed by atoms with Gasteiger partial charge in [-0.15, -0.1) is 0 Å². The number of nitrogens with zero attached hydrogens (tertiary/aromatic N) is 1. The van der Waals surface area contributed by atoms with Gasteiger partial charge < -0.3 is 14.6 Å². The molecule has 1 saturated heterocycles. The highest BCUT2D eigenvalue weighted by molar-refractivity contribution is 6.32. The van der Waals surface area contributed by atoms with E-state index in [1.165, 1.54) is 12.1 Å². The molecule has 138 valence electrons. The van der Waals surface area contributed by atoms with Crippen molar-refractivity contribution in [2.45, 2.75) is 12.5 Å². The van der Waals surface area contributed by atoms with Gasteiger partial charge in [0.05, 0.1) is 17.2 Å². The van der Waals surface area contributed by atoms with E-state index in [-0.39, 0.29) is 11.2 Å². The van der Waals surface area contributed by atoms with Gasteiger partial charge in [0, 0.05) is 19.6 Å². The van der Waals surface area contributed by atoms with E-state index in [4.69, 9.17) is 26.2 Å². The molecule has 1 unspecified atom stereocenters. The molecule has 0 saturated carbocycles. The molecule has 26 heavy (non-hydrogen) atoms. The predicted octanol–water partition coefficient (Wildman–Crippen LogP) is 3.66. The smallest absolute Gasteiger partial charge is 0.335 e. The first-order valence-electron chi connectivity index (χ1n) is 8.55. The summed E-state index contributed by atoms with van der Waals surface area (Å²) in [6, 6.07) is 14.7. The van der Waals surface area contributed by atoms with Gasteiger partial charge in [-0.1, -0.05) is 41.9 Å². The van der Waals surface area contributed by atoms with Crippen LogP contribution < -0.4 is 4.74 Å². The lowest BCUT2D eigenvalue weighted by molar-refractivity contribution is -0.104. The first-order valence-corrected chi connectivity index (χ1v) is 8.93. The Bertz CT molecular complexity index is 768. The number of aromatic carboxylic acids is 1. The molecule has 1 atom stereocenters. The van der Waals surface area contributed by atoms with Gasteiger partial charge in [0.25, 0.3) is 0 Å². The molecule has 5 nitrogen and oxygen atoms in total. The molecule has 2 aromatic rings. The van der Waals surface area contributed by atoms with Gasteiger partial charge in [0.1, 0.15) is 18.0 Å². The normalized spacial score (nSPS) is 20.7. The van der Waals surface area contributed by atoms with Crippen molar-refractivity contribution in [1.29, 1.82) is 0 Å². The number of rotatable bonds is 6. The molecule has 1 aliphatic rings. The Morgan fingerprint density at radius 3 is 2.77 bits per heavy atom. The topological polar surface area (TPSA) is 59.0 Å². The van der Waals surface area contributed by atoms with Crippen LogP contribution in [0.1, 0.15) is 22.8 Å². The molecule has 6 heteroatoms. The van der Waals surface area contributed by atoms with Gasteiger partial charge >= 0.3 is 5.97 Å². The molecule has 0 spiro atoms. The van der Waals surface area contributed by atoms with Gasteiger partial charge in [-0.2, -0.15) is 0 Å². The zero-order valence-corrected chi connectivity index (χ0v) is 15.4. The minimum atomic E-state index is -1.01. The van der Waals surface area contributed by atoms with Crippen molar-refractivity contribution in [2.24, 2.45) is 0 Å². The number of morpholine rings is 1. The number of hydrogen-bond donors (Lipinski definition) is 1. The number of halogens is 1. The van der Waals surface area contributed by atoms with Crippen molar-refractivity contribution < 1.29 is 19.4 Å². The van der Waals surface area contributed by atoms with Crippen LogP contribution in [0.25, 0.3) is 0 Å². The molecular weight excluding hydrogens is 354 g/mol. The van der Waals surface area contributed by atoms with Crippen molar-refractivity contribution in [3.05, 3.63) is 64.7 Å². The van der Waals surface area contributed by atoms with E-state index in [1.807, 2.05) is 18.2 Å². The van der Waals surface area contributed by atoms with Crippen LogP contribution in [0.2, 0.25) is 5.02 Å². The van der Waals surface area contributed by atoms with E-state index in [0.717, 1.165) is 25.2 Å². The number of carbonyl (C=O) groups is 1. The van der Waals surface area contributed by atoms with Crippen LogP contribution in [-0.2, 0) is 10.3 Å². The second-order valence-corrected chi connectivity index (χ2v) is 6.93. The van der Waals surface area contributed by atoms with Crippen molar-refractivity contribution in [1.82, 2.24) is 4.90 Å². The maximum atomic E-state index is 10.9. The maximum absolute atomic E-state index is 10.9. The fraction of sp³-hybridized carbons (Fsp3) is 0.350. The summed E-state index contributed by atoms with van der Waals surface area (Å²) >= 11 is 6.10. The zero-order chi connectivity index (χ0) is 18.6. The van der Waals surface area contributed by atoms with Crippen LogP contribution in [0.3, 0.4) is 0 Å². The van der Waals surface area contributed by atoms with Crippen LogP contribution in [0.15, 0.2) is 48.5 Å². The fourth-order valence-electron chi connectivity index (χ4n) is 3.14. The molecule has 0 amide bonds. The number of carboxylic acid groups (broad SMARTS) is 1. The monoisotopic (exact) mass is 375 g/mol. The van der Waals surface area contributed by atoms with Gasteiger partial charge in [-0.25, -0.2) is 4.79 Å². The lowest BCUT2D eigenvalue weighted by atomic mass is 9.94. The maximum Gasteiger partial charge on any atom is 0.335 e. The Kier molecular flexibility index (Phi) is 5.81. The lowest BCUT2D eigenvalue weighted by Gasteiger charge is -2.40. The second-order valence-electron chi connectivity index (χ2n) is 6.52. The molecular formula is C20H22ClNO4. The first-order chi connectivity index (χ1) is 12.5. The van der Waals surface area contributed by atoms with Crippen LogP contribution in [0.4, 0.5) is 0 Å². The van der Waals surface area contributed by atoms with Gasteiger partial charge in [-0.05, 0) is 30.7 Å². The van der Waals surface area contributed by atoms with Crippen molar-refractivity contribution in [2.75, 3.05) is 32.8 Å². The first kappa shape index (κ1) is 18.7. The molecule has 1 heterocycles. The second kappa shape index (κ2) is 8.08. The fourth-order valence-corrected chi connectivity index (χ4v) is 3.38. The SMILES string of the molecule is CC1(c2ccccc2)CN(CCOc2ccc(C(=O)O)cc2Cl)CCO1. The van der Waals surface area contributed by atoms with Crippen LogP contribution in [-0.4, -0.2) is 48.8 Å². The van der Waals surface area contributed by atoms with E-state index < -0.39 is 5.97 Å². The van der Waals surface area contributed by atoms with E-state index in [9.17, 15) is 4.79 Å². The Balaban J connectivity index is 1.56. The average Bonchev–Trinajstić information content (AvgIpc) is 2.64. The Morgan fingerprint density at radius 2 is 2.08 bits per heavy atom. The van der Waals surface area contributed by atoms with Gasteiger partial charge in [0.15, 0.2) is 0 Å². The third-order valence-corrected chi connectivity index (χ3v) is 4.88. The molecule has 3 rings (SSSR count).